The quantitative estimate of drug-likeness (QED) is 0.815. The molecule has 1 aliphatic heterocycles. The summed E-state index contributed by atoms with van der Waals surface area (Å²) >= 11 is 13.9. The average molecular weight is 339 g/mol. The summed E-state index contributed by atoms with van der Waals surface area (Å²) in [7, 11) is 2.11. The van der Waals surface area contributed by atoms with E-state index in [1.807, 2.05) is 24.3 Å². The second kappa shape index (κ2) is 6.19. The highest BCUT2D eigenvalue weighted by Gasteiger charge is 2.27. The number of halogens is 2. The van der Waals surface area contributed by atoms with Gasteiger partial charge in [0.15, 0.2) is 0 Å². The van der Waals surface area contributed by atoms with Crippen LogP contribution in [-0.4, -0.2) is 18.5 Å². The number of nitrogens with zero attached hydrogens (tertiary/aromatic N) is 1. The second-order valence-electron chi connectivity index (χ2n) is 5.40. The lowest BCUT2D eigenvalue weighted by Crippen LogP contribution is -2.31. The Balaban J connectivity index is 2.12. The standard InChI is InChI=1S/C16H16Cl2N2S/c1-20-8-14(10-3-2-4-12(5-10)21-19)13-6-11(17)7-16(18)15(13)9-20/h2-7,14H,8-9,19H2,1H3. The molecule has 5 heteroatoms. The van der Waals surface area contributed by atoms with E-state index in [0.717, 1.165) is 23.0 Å². The predicted molar refractivity (Wildman–Crippen MR) is 91.1 cm³/mol. The van der Waals surface area contributed by atoms with Gasteiger partial charge in [-0.05, 0) is 60.0 Å². The maximum absolute atomic E-state index is 6.39. The molecule has 110 valence electrons. The summed E-state index contributed by atoms with van der Waals surface area (Å²) in [5.41, 5.74) is 3.65. The first-order valence-electron chi connectivity index (χ1n) is 6.71. The third-order valence-corrected chi connectivity index (χ3v) is 4.97. The topological polar surface area (TPSA) is 29.3 Å². The molecule has 21 heavy (non-hydrogen) atoms. The van der Waals surface area contributed by atoms with Crippen LogP contribution >= 0.6 is 35.1 Å². The first kappa shape index (κ1) is 15.2. The third-order valence-electron chi connectivity index (χ3n) is 3.89. The second-order valence-corrected chi connectivity index (χ2v) is 6.95. The molecule has 2 aromatic rings. The van der Waals surface area contributed by atoms with Gasteiger partial charge < -0.3 is 4.90 Å². The number of benzene rings is 2. The van der Waals surface area contributed by atoms with Crippen LogP contribution in [0, 0.1) is 0 Å². The largest absolute Gasteiger partial charge is 0.301 e. The van der Waals surface area contributed by atoms with E-state index in [1.165, 1.54) is 28.6 Å². The lowest BCUT2D eigenvalue weighted by atomic mass is 9.85. The van der Waals surface area contributed by atoms with Gasteiger partial charge in [0, 0.05) is 33.9 Å². The first-order valence-corrected chi connectivity index (χ1v) is 8.35. The van der Waals surface area contributed by atoms with Crippen LogP contribution in [0.25, 0.3) is 0 Å². The zero-order chi connectivity index (χ0) is 15.0. The van der Waals surface area contributed by atoms with Crippen LogP contribution in [0.15, 0.2) is 41.3 Å². The summed E-state index contributed by atoms with van der Waals surface area (Å²) in [6, 6.07) is 12.2. The van der Waals surface area contributed by atoms with E-state index in [9.17, 15) is 0 Å². The van der Waals surface area contributed by atoms with E-state index in [2.05, 4.69) is 24.1 Å². The zero-order valence-electron chi connectivity index (χ0n) is 11.6. The van der Waals surface area contributed by atoms with E-state index in [0.29, 0.717) is 5.02 Å². The normalized spacial score (nSPS) is 18.6. The molecular formula is C16H16Cl2N2S. The van der Waals surface area contributed by atoms with Crippen molar-refractivity contribution in [2.24, 2.45) is 5.14 Å². The molecular weight excluding hydrogens is 323 g/mol. The van der Waals surface area contributed by atoms with Crippen molar-refractivity contribution < 1.29 is 0 Å². The molecule has 0 spiro atoms. The van der Waals surface area contributed by atoms with E-state index >= 15 is 0 Å². The fourth-order valence-electron chi connectivity index (χ4n) is 2.94. The highest BCUT2D eigenvalue weighted by Crippen LogP contribution is 2.38. The Hall–Kier alpha value is -0.710. The van der Waals surface area contributed by atoms with Crippen molar-refractivity contribution in [3.63, 3.8) is 0 Å². The third kappa shape index (κ3) is 3.08. The smallest absolute Gasteiger partial charge is 0.0468 e. The minimum atomic E-state index is 0.266. The summed E-state index contributed by atoms with van der Waals surface area (Å²) in [6.45, 7) is 1.80. The highest BCUT2D eigenvalue weighted by atomic mass is 35.5. The zero-order valence-corrected chi connectivity index (χ0v) is 14.0. The van der Waals surface area contributed by atoms with Crippen LogP contribution in [-0.2, 0) is 6.54 Å². The van der Waals surface area contributed by atoms with Gasteiger partial charge in [0.25, 0.3) is 0 Å². The summed E-state index contributed by atoms with van der Waals surface area (Å²) < 4.78 is 0. The molecule has 0 saturated heterocycles. The average Bonchev–Trinajstić information content (AvgIpc) is 2.47. The lowest BCUT2D eigenvalue weighted by molar-refractivity contribution is 0.295. The molecule has 2 N–H and O–H groups in total. The van der Waals surface area contributed by atoms with Gasteiger partial charge in [-0.2, -0.15) is 0 Å². The summed E-state index contributed by atoms with van der Waals surface area (Å²) in [4.78, 5) is 3.35. The summed E-state index contributed by atoms with van der Waals surface area (Å²) in [6.07, 6.45) is 0. The predicted octanol–water partition coefficient (Wildman–Crippen LogP) is 4.54. The van der Waals surface area contributed by atoms with Crippen molar-refractivity contribution >= 4 is 35.1 Å². The monoisotopic (exact) mass is 338 g/mol. The SMILES string of the molecule is CN1Cc2c(Cl)cc(Cl)cc2C(c2cccc(SN)c2)C1. The molecule has 0 bridgehead atoms. The van der Waals surface area contributed by atoms with E-state index < -0.39 is 0 Å². The fourth-order valence-corrected chi connectivity index (χ4v) is 3.87. The Morgan fingerprint density at radius 2 is 2.05 bits per heavy atom. The van der Waals surface area contributed by atoms with Gasteiger partial charge in [-0.15, -0.1) is 0 Å². The number of nitrogens with two attached hydrogens (primary N) is 1. The number of fused-ring (bicyclic) bond motifs is 1. The number of hydrogen-bond acceptors (Lipinski definition) is 3. The molecule has 1 atom stereocenters. The van der Waals surface area contributed by atoms with Crippen molar-refractivity contribution in [2.45, 2.75) is 17.4 Å². The Labute approximate surface area is 139 Å². The van der Waals surface area contributed by atoms with Crippen molar-refractivity contribution in [1.29, 1.82) is 0 Å². The number of likely N-dealkylation sites (N-methyl/N-ethyl adjacent to an activating group) is 1. The maximum atomic E-state index is 6.39. The number of hydrogen-bond donors (Lipinski definition) is 1. The lowest BCUT2D eigenvalue weighted by Gasteiger charge is -2.33. The van der Waals surface area contributed by atoms with Crippen LogP contribution in [0.4, 0.5) is 0 Å². The molecule has 1 unspecified atom stereocenters. The summed E-state index contributed by atoms with van der Waals surface area (Å²) in [5.74, 6) is 0.266. The van der Waals surface area contributed by atoms with Crippen molar-refractivity contribution in [2.75, 3.05) is 13.6 Å². The molecule has 1 aliphatic rings. The minimum absolute atomic E-state index is 0.266. The molecule has 0 aliphatic carbocycles. The highest BCUT2D eigenvalue weighted by molar-refractivity contribution is 7.97. The fraction of sp³-hybridized carbons (Fsp3) is 0.250. The van der Waals surface area contributed by atoms with Gasteiger partial charge in [0.1, 0.15) is 0 Å². The Kier molecular flexibility index (Phi) is 4.48. The van der Waals surface area contributed by atoms with Gasteiger partial charge in [-0.1, -0.05) is 35.3 Å². The molecule has 0 amide bonds. The van der Waals surface area contributed by atoms with Gasteiger partial charge in [-0.25, -0.2) is 0 Å². The molecule has 3 rings (SSSR count). The first-order chi connectivity index (χ1) is 10.1. The van der Waals surface area contributed by atoms with Crippen molar-refractivity contribution in [1.82, 2.24) is 4.90 Å². The van der Waals surface area contributed by atoms with Crippen LogP contribution in [0.3, 0.4) is 0 Å². The van der Waals surface area contributed by atoms with Crippen molar-refractivity contribution in [3.8, 4) is 0 Å². The molecule has 0 aromatic heterocycles. The Bertz CT molecular complexity index is 675. The van der Waals surface area contributed by atoms with Gasteiger partial charge >= 0.3 is 0 Å². The number of rotatable bonds is 2. The molecule has 2 nitrogen and oxygen atoms in total. The van der Waals surface area contributed by atoms with Crippen LogP contribution in [0.1, 0.15) is 22.6 Å². The Morgan fingerprint density at radius 3 is 2.81 bits per heavy atom. The Morgan fingerprint density at radius 1 is 1.24 bits per heavy atom. The van der Waals surface area contributed by atoms with Gasteiger partial charge in [0.05, 0.1) is 0 Å². The molecule has 2 aromatic carbocycles. The van der Waals surface area contributed by atoms with Gasteiger partial charge in [-0.3, -0.25) is 5.14 Å². The molecule has 0 radical (unpaired) electrons. The van der Waals surface area contributed by atoms with E-state index in [4.69, 9.17) is 28.3 Å². The van der Waals surface area contributed by atoms with E-state index in [-0.39, 0.29) is 5.92 Å². The van der Waals surface area contributed by atoms with Crippen LogP contribution < -0.4 is 5.14 Å². The summed E-state index contributed by atoms with van der Waals surface area (Å²) in [5, 5.41) is 7.12. The molecule has 1 heterocycles. The minimum Gasteiger partial charge on any atom is -0.301 e. The molecule has 0 saturated carbocycles. The van der Waals surface area contributed by atoms with Crippen LogP contribution in [0.5, 0.6) is 0 Å². The van der Waals surface area contributed by atoms with Gasteiger partial charge in [0.2, 0.25) is 0 Å². The van der Waals surface area contributed by atoms with Crippen LogP contribution in [0.2, 0.25) is 10.0 Å². The maximum Gasteiger partial charge on any atom is 0.0468 e. The van der Waals surface area contributed by atoms with Crippen molar-refractivity contribution in [3.05, 3.63) is 63.1 Å². The molecule has 0 fully saturated rings. The van der Waals surface area contributed by atoms with E-state index in [1.54, 1.807) is 0 Å².